The first kappa shape index (κ1) is 20.9. The zero-order valence-electron chi connectivity index (χ0n) is 14.0. The molecule has 4 nitrogen and oxygen atoms in total. The highest BCUT2D eigenvalue weighted by Crippen LogP contribution is 2.33. The van der Waals surface area contributed by atoms with Crippen molar-refractivity contribution in [2.24, 2.45) is 0 Å². The fourth-order valence-corrected chi connectivity index (χ4v) is 4.02. The van der Waals surface area contributed by atoms with E-state index < -0.39 is 5.91 Å². The van der Waals surface area contributed by atoms with Gasteiger partial charge in [0.2, 0.25) is 0 Å². The van der Waals surface area contributed by atoms with E-state index in [1.54, 1.807) is 36.4 Å². The summed E-state index contributed by atoms with van der Waals surface area (Å²) in [5.74, 6) is -1.11. The molecule has 0 unspecified atom stereocenters. The van der Waals surface area contributed by atoms with E-state index in [2.05, 4.69) is 37.2 Å². The molecule has 0 fully saturated rings. The second kappa shape index (κ2) is 8.66. The number of hydrogen-bond acceptors (Lipinski definition) is 3. The van der Waals surface area contributed by atoms with Crippen LogP contribution < -0.4 is 5.32 Å². The Morgan fingerprint density at radius 3 is 2.18 bits per heavy atom. The minimum absolute atomic E-state index is 0.0427. The lowest BCUT2D eigenvalue weighted by Crippen LogP contribution is -2.15. The van der Waals surface area contributed by atoms with Crippen molar-refractivity contribution < 1.29 is 14.7 Å². The van der Waals surface area contributed by atoms with Crippen LogP contribution in [0.15, 0.2) is 63.5 Å². The van der Waals surface area contributed by atoms with E-state index in [1.165, 1.54) is 18.2 Å². The standard InChI is InChI=1S/C20H11Br2Cl2NO3/c21-11-7-15(19(27)16(22)8-11)20(28)25-17-6-5-13(24)9-14(17)18(26)10-1-3-12(23)4-2-10/h1-9,27H,(H,25,28). The van der Waals surface area contributed by atoms with Crippen molar-refractivity contribution in [3.63, 3.8) is 0 Å². The maximum atomic E-state index is 12.9. The molecule has 3 aromatic rings. The van der Waals surface area contributed by atoms with Crippen molar-refractivity contribution in [2.45, 2.75) is 0 Å². The predicted octanol–water partition coefficient (Wildman–Crippen LogP) is 6.71. The van der Waals surface area contributed by atoms with Crippen LogP contribution in [0.3, 0.4) is 0 Å². The lowest BCUT2D eigenvalue weighted by atomic mass is 10.0. The van der Waals surface area contributed by atoms with Gasteiger partial charge >= 0.3 is 0 Å². The van der Waals surface area contributed by atoms with E-state index in [4.69, 9.17) is 23.2 Å². The fourth-order valence-electron chi connectivity index (χ4n) is 2.50. The first-order chi connectivity index (χ1) is 13.3. The van der Waals surface area contributed by atoms with E-state index in [0.717, 1.165) is 0 Å². The second-order valence-electron chi connectivity index (χ2n) is 5.76. The normalized spacial score (nSPS) is 10.6. The molecule has 0 heterocycles. The number of phenolic OH excluding ortho intramolecular Hbond substituents is 1. The fraction of sp³-hybridized carbons (Fsp3) is 0. The monoisotopic (exact) mass is 541 g/mol. The highest BCUT2D eigenvalue weighted by molar-refractivity contribution is 9.11. The Morgan fingerprint density at radius 2 is 1.50 bits per heavy atom. The van der Waals surface area contributed by atoms with Gasteiger partial charge in [-0.05, 0) is 70.5 Å². The molecule has 8 heteroatoms. The van der Waals surface area contributed by atoms with E-state index >= 15 is 0 Å². The highest BCUT2D eigenvalue weighted by Gasteiger charge is 2.19. The summed E-state index contributed by atoms with van der Waals surface area (Å²) in [4.78, 5) is 25.6. The number of phenols is 1. The molecule has 1 amide bonds. The van der Waals surface area contributed by atoms with Gasteiger partial charge < -0.3 is 10.4 Å². The number of carbonyl (C=O) groups is 2. The van der Waals surface area contributed by atoms with Crippen LogP contribution in [0.5, 0.6) is 5.75 Å². The summed E-state index contributed by atoms with van der Waals surface area (Å²) in [5, 5.41) is 13.7. The van der Waals surface area contributed by atoms with Crippen molar-refractivity contribution in [1.29, 1.82) is 0 Å². The number of carbonyl (C=O) groups excluding carboxylic acids is 2. The summed E-state index contributed by atoms with van der Waals surface area (Å²) in [6, 6.07) is 14.1. The molecule has 0 radical (unpaired) electrons. The molecule has 0 aliphatic carbocycles. The number of benzene rings is 3. The Kier molecular flexibility index (Phi) is 6.45. The van der Waals surface area contributed by atoms with Gasteiger partial charge in [0.05, 0.1) is 15.7 Å². The van der Waals surface area contributed by atoms with Gasteiger partial charge in [-0.25, -0.2) is 0 Å². The number of rotatable bonds is 4. The number of nitrogens with one attached hydrogen (secondary N) is 1. The summed E-state index contributed by atoms with van der Waals surface area (Å²) < 4.78 is 0.969. The van der Waals surface area contributed by atoms with E-state index in [9.17, 15) is 14.7 Å². The van der Waals surface area contributed by atoms with Crippen molar-refractivity contribution in [2.75, 3.05) is 5.32 Å². The molecule has 0 saturated heterocycles. The number of anilines is 1. The summed E-state index contributed by atoms with van der Waals surface area (Å²) >= 11 is 18.4. The van der Waals surface area contributed by atoms with E-state index in [-0.39, 0.29) is 28.3 Å². The minimum atomic E-state index is -0.577. The maximum Gasteiger partial charge on any atom is 0.259 e. The molecule has 142 valence electrons. The SMILES string of the molecule is O=C(c1ccc(Cl)cc1)c1cc(Cl)ccc1NC(=O)c1cc(Br)cc(Br)c1O. The van der Waals surface area contributed by atoms with Crippen LogP contribution in [-0.4, -0.2) is 16.8 Å². The topological polar surface area (TPSA) is 66.4 Å². The van der Waals surface area contributed by atoms with Crippen LogP contribution in [0.4, 0.5) is 5.69 Å². The summed E-state index contributed by atoms with van der Waals surface area (Å²) in [7, 11) is 0. The molecule has 28 heavy (non-hydrogen) atoms. The van der Waals surface area contributed by atoms with Gasteiger partial charge in [0.25, 0.3) is 5.91 Å². The third-order valence-electron chi connectivity index (χ3n) is 3.85. The molecule has 0 saturated carbocycles. The Morgan fingerprint density at radius 1 is 0.857 bits per heavy atom. The van der Waals surface area contributed by atoms with Gasteiger partial charge in [-0.15, -0.1) is 0 Å². The molecule has 3 rings (SSSR count). The highest BCUT2D eigenvalue weighted by atomic mass is 79.9. The zero-order valence-corrected chi connectivity index (χ0v) is 18.7. The number of ketones is 1. The molecular formula is C20H11Br2Cl2NO3. The maximum absolute atomic E-state index is 12.9. The third kappa shape index (κ3) is 4.58. The van der Waals surface area contributed by atoms with Crippen LogP contribution in [0.2, 0.25) is 10.0 Å². The Hall–Kier alpha value is -1.86. The van der Waals surface area contributed by atoms with Crippen molar-refractivity contribution in [3.8, 4) is 5.75 Å². The summed E-state index contributed by atoms with van der Waals surface area (Å²) in [5.41, 5.74) is 0.929. The summed E-state index contributed by atoms with van der Waals surface area (Å²) in [6.07, 6.45) is 0. The average Bonchev–Trinajstić information content (AvgIpc) is 2.66. The van der Waals surface area contributed by atoms with Crippen LogP contribution in [0.1, 0.15) is 26.3 Å². The lowest BCUT2D eigenvalue weighted by Gasteiger charge is -2.13. The molecule has 2 N–H and O–H groups in total. The van der Waals surface area contributed by atoms with Crippen LogP contribution in [0, 0.1) is 0 Å². The van der Waals surface area contributed by atoms with Gasteiger partial charge in [0.15, 0.2) is 5.78 Å². The second-order valence-corrected chi connectivity index (χ2v) is 8.41. The van der Waals surface area contributed by atoms with E-state index in [0.29, 0.717) is 24.6 Å². The number of hydrogen-bond donors (Lipinski definition) is 2. The Labute approximate surface area is 187 Å². The van der Waals surface area contributed by atoms with E-state index in [1.807, 2.05) is 0 Å². The molecule has 0 atom stereocenters. The van der Waals surface area contributed by atoms with Gasteiger partial charge in [-0.3, -0.25) is 9.59 Å². The van der Waals surface area contributed by atoms with Crippen LogP contribution >= 0.6 is 55.1 Å². The molecule has 0 aromatic heterocycles. The molecule has 0 aliphatic heterocycles. The van der Waals surface area contributed by atoms with Crippen molar-refractivity contribution in [1.82, 2.24) is 0 Å². The Bertz CT molecular complexity index is 1090. The first-order valence-electron chi connectivity index (χ1n) is 7.85. The first-order valence-corrected chi connectivity index (χ1v) is 10.2. The molecular weight excluding hydrogens is 533 g/mol. The number of aromatic hydroxyl groups is 1. The lowest BCUT2D eigenvalue weighted by molar-refractivity contribution is 0.102. The third-order valence-corrected chi connectivity index (χ3v) is 5.40. The zero-order chi connectivity index (χ0) is 20.4. The molecule has 0 bridgehead atoms. The quantitative estimate of drug-likeness (QED) is 0.360. The van der Waals surface area contributed by atoms with Crippen molar-refractivity contribution in [3.05, 3.63) is 90.3 Å². The smallest absolute Gasteiger partial charge is 0.259 e. The number of amides is 1. The minimum Gasteiger partial charge on any atom is -0.506 e. The molecule has 0 aliphatic rings. The average molecular weight is 544 g/mol. The number of halogens is 4. The predicted molar refractivity (Wildman–Crippen MR) is 118 cm³/mol. The van der Waals surface area contributed by atoms with Gasteiger partial charge in [0.1, 0.15) is 5.75 Å². The molecule has 0 spiro atoms. The summed E-state index contributed by atoms with van der Waals surface area (Å²) in [6.45, 7) is 0. The van der Waals surface area contributed by atoms with Gasteiger partial charge in [-0.2, -0.15) is 0 Å². The Balaban J connectivity index is 1.98. The van der Waals surface area contributed by atoms with Gasteiger partial charge in [-0.1, -0.05) is 39.1 Å². The van der Waals surface area contributed by atoms with Crippen LogP contribution in [0.25, 0.3) is 0 Å². The van der Waals surface area contributed by atoms with Crippen LogP contribution in [-0.2, 0) is 0 Å². The van der Waals surface area contributed by atoms with Crippen molar-refractivity contribution >= 4 is 72.4 Å². The largest absolute Gasteiger partial charge is 0.506 e. The molecule has 3 aromatic carbocycles. The van der Waals surface area contributed by atoms with Gasteiger partial charge in [0, 0.05) is 25.6 Å².